The molecule has 0 amide bonds. The highest BCUT2D eigenvalue weighted by Gasteiger charge is 2.35. The van der Waals surface area contributed by atoms with Crippen molar-refractivity contribution in [3.05, 3.63) is 88.6 Å². The summed E-state index contributed by atoms with van der Waals surface area (Å²) in [6.07, 6.45) is 8.61. The zero-order chi connectivity index (χ0) is 23.4. The van der Waals surface area contributed by atoms with Crippen LogP contribution in [0.5, 0.6) is 0 Å². The Morgan fingerprint density at radius 3 is 2.88 bits per heavy atom. The van der Waals surface area contributed by atoms with Crippen LogP contribution in [0.4, 0.5) is 0 Å². The van der Waals surface area contributed by atoms with Gasteiger partial charge in [0.2, 0.25) is 0 Å². The molecule has 1 unspecified atom stereocenters. The Morgan fingerprint density at radius 2 is 2.03 bits per heavy atom. The second-order valence-corrected chi connectivity index (χ2v) is 10.1. The Kier molecular flexibility index (Phi) is 4.81. The molecule has 1 aromatic carbocycles. The van der Waals surface area contributed by atoms with E-state index in [4.69, 9.17) is 16.7 Å². The Labute approximate surface area is 202 Å². The number of pyridine rings is 2. The van der Waals surface area contributed by atoms with Gasteiger partial charge in [-0.25, -0.2) is 14.5 Å². The second-order valence-electron chi connectivity index (χ2n) is 9.67. The number of aromatic nitrogens is 5. The van der Waals surface area contributed by atoms with Crippen molar-refractivity contribution in [2.75, 3.05) is 0 Å². The summed E-state index contributed by atoms with van der Waals surface area (Å²) >= 11 is 6.63. The first-order chi connectivity index (χ1) is 16.4. The quantitative estimate of drug-likeness (QED) is 0.312. The number of nitrogens with zero attached hydrogens (tertiary/aromatic N) is 5. The first kappa shape index (κ1) is 21.1. The number of aryl methyl sites for hydroxylation is 2. The lowest BCUT2D eigenvalue weighted by atomic mass is 9.71. The summed E-state index contributed by atoms with van der Waals surface area (Å²) in [6.45, 7) is 4.28. The normalized spacial score (nSPS) is 17.9. The van der Waals surface area contributed by atoms with Crippen molar-refractivity contribution in [1.82, 2.24) is 24.1 Å². The maximum atomic E-state index is 13.4. The number of ketones is 1. The summed E-state index contributed by atoms with van der Waals surface area (Å²) in [5.74, 6) is 0.0759. The summed E-state index contributed by atoms with van der Waals surface area (Å²) in [5, 5.41) is 5.24. The molecule has 0 spiro atoms. The summed E-state index contributed by atoms with van der Waals surface area (Å²) in [7, 11) is 0. The number of imidazole rings is 1. The van der Waals surface area contributed by atoms with Crippen molar-refractivity contribution in [3.63, 3.8) is 0 Å². The highest BCUT2D eigenvalue weighted by atomic mass is 35.5. The van der Waals surface area contributed by atoms with Crippen molar-refractivity contribution in [2.24, 2.45) is 5.41 Å². The standard InChI is InChI=1S/C27H24ClN5O/c1-17-5-8-23-20-13-27(2,10-9-22(20)31-33(23)15-17)14-25(34)19-7-6-18(12-21(19)28)32-16-30-26-24(32)4-3-11-29-26/h3-8,11-12,15-16H,9-10,13-14H2,1-2H3. The molecule has 7 heteroatoms. The zero-order valence-corrected chi connectivity index (χ0v) is 19.9. The van der Waals surface area contributed by atoms with E-state index in [1.165, 1.54) is 11.1 Å². The number of rotatable bonds is 4. The molecule has 0 radical (unpaired) electrons. The number of hydrogen-bond acceptors (Lipinski definition) is 4. The zero-order valence-electron chi connectivity index (χ0n) is 19.1. The highest BCUT2D eigenvalue weighted by Crippen LogP contribution is 2.40. The van der Waals surface area contributed by atoms with Gasteiger partial charge in [-0.1, -0.05) is 24.6 Å². The summed E-state index contributed by atoms with van der Waals surface area (Å²) in [6, 6.07) is 13.7. The molecule has 0 N–H and O–H groups in total. The van der Waals surface area contributed by atoms with Crippen molar-refractivity contribution in [1.29, 1.82) is 0 Å². The van der Waals surface area contributed by atoms with Gasteiger partial charge >= 0.3 is 0 Å². The number of carbonyl (C=O) groups excluding carboxylic acids is 1. The fraction of sp³-hybridized carbons (Fsp3) is 0.259. The van der Waals surface area contributed by atoms with Crippen LogP contribution in [0.15, 0.2) is 61.2 Å². The summed E-state index contributed by atoms with van der Waals surface area (Å²) < 4.78 is 3.91. The van der Waals surface area contributed by atoms with E-state index in [2.05, 4.69) is 42.1 Å². The van der Waals surface area contributed by atoms with Crippen molar-refractivity contribution in [2.45, 2.75) is 39.5 Å². The highest BCUT2D eigenvalue weighted by molar-refractivity contribution is 6.34. The van der Waals surface area contributed by atoms with Crippen LogP contribution >= 0.6 is 11.6 Å². The maximum Gasteiger partial charge on any atom is 0.177 e. The third kappa shape index (κ3) is 3.49. The number of carbonyl (C=O) groups is 1. The lowest BCUT2D eigenvalue weighted by molar-refractivity contribution is 0.0909. The average molecular weight is 470 g/mol. The largest absolute Gasteiger partial charge is 0.297 e. The van der Waals surface area contributed by atoms with Gasteiger partial charge in [0.15, 0.2) is 11.4 Å². The molecule has 1 aliphatic carbocycles. The smallest absolute Gasteiger partial charge is 0.177 e. The predicted molar refractivity (Wildman–Crippen MR) is 133 cm³/mol. The van der Waals surface area contributed by atoms with Crippen molar-refractivity contribution in [3.8, 4) is 5.69 Å². The molecule has 34 heavy (non-hydrogen) atoms. The van der Waals surface area contributed by atoms with E-state index < -0.39 is 0 Å². The molecule has 4 aromatic heterocycles. The van der Waals surface area contributed by atoms with Crippen LogP contribution in [0.2, 0.25) is 5.02 Å². The number of hydrogen-bond donors (Lipinski definition) is 0. The van der Waals surface area contributed by atoms with Crippen LogP contribution in [-0.2, 0) is 12.8 Å². The minimum absolute atomic E-state index is 0.0759. The number of fused-ring (bicyclic) bond motifs is 4. The molecule has 0 saturated heterocycles. The molecule has 6 nitrogen and oxygen atoms in total. The molecule has 5 aromatic rings. The lowest BCUT2D eigenvalue weighted by Crippen LogP contribution is -2.28. The SMILES string of the molecule is Cc1ccc2c3c(nn2c1)CCC(C)(CC(=O)c1ccc(-n2cnc4ncccc42)cc1Cl)C3. The number of benzene rings is 1. The van der Waals surface area contributed by atoms with Crippen molar-refractivity contribution >= 4 is 34.1 Å². The molecule has 6 rings (SSSR count). The second kappa shape index (κ2) is 7.77. The van der Waals surface area contributed by atoms with Gasteiger partial charge in [0.1, 0.15) is 6.33 Å². The van der Waals surface area contributed by atoms with E-state index in [1.54, 1.807) is 12.5 Å². The summed E-state index contributed by atoms with van der Waals surface area (Å²) in [5.41, 5.74) is 7.60. The van der Waals surface area contributed by atoms with Crippen LogP contribution in [0.1, 0.15) is 46.9 Å². The Hall–Kier alpha value is -3.51. The van der Waals surface area contributed by atoms with Crippen LogP contribution in [0.3, 0.4) is 0 Å². The van der Waals surface area contributed by atoms with E-state index in [1.807, 2.05) is 39.4 Å². The number of Topliss-reactive ketones (excluding diaryl/α,β-unsaturated/α-hetero) is 1. The third-order valence-electron chi connectivity index (χ3n) is 6.97. The lowest BCUT2D eigenvalue weighted by Gasteiger charge is -2.32. The van der Waals surface area contributed by atoms with Gasteiger partial charge in [-0.3, -0.25) is 9.36 Å². The molecule has 0 saturated carbocycles. The molecule has 0 aliphatic heterocycles. The van der Waals surface area contributed by atoms with Crippen LogP contribution in [0.25, 0.3) is 22.4 Å². The molecular weight excluding hydrogens is 446 g/mol. The van der Waals surface area contributed by atoms with Gasteiger partial charge in [-0.2, -0.15) is 5.10 Å². The third-order valence-corrected chi connectivity index (χ3v) is 7.28. The topological polar surface area (TPSA) is 65.1 Å². The molecular formula is C27H24ClN5O. The fourth-order valence-corrected chi connectivity index (χ4v) is 5.43. The minimum atomic E-state index is -0.132. The maximum absolute atomic E-state index is 13.4. The summed E-state index contributed by atoms with van der Waals surface area (Å²) in [4.78, 5) is 22.0. The molecule has 4 heterocycles. The van der Waals surface area contributed by atoms with Gasteiger partial charge in [-0.05, 0) is 73.6 Å². The van der Waals surface area contributed by atoms with Crippen LogP contribution in [-0.4, -0.2) is 29.9 Å². The van der Waals surface area contributed by atoms with E-state index >= 15 is 0 Å². The van der Waals surface area contributed by atoms with E-state index in [-0.39, 0.29) is 11.2 Å². The monoisotopic (exact) mass is 469 g/mol. The first-order valence-electron chi connectivity index (χ1n) is 11.5. The van der Waals surface area contributed by atoms with Gasteiger partial charge in [0.25, 0.3) is 0 Å². The molecule has 0 bridgehead atoms. The fourth-order valence-electron chi connectivity index (χ4n) is 5.15. The molecule has 1 atom stereocenters. The first-order valence-corrected chi connectivity index (χ1v) is 11.9. The Bertz CT molecular complexity index is 1580. The molecule has 0 fully saturated rings. The van der Waals surface area contributed by atoms with E-state index in [0.29, 0.717) is 22.7 Å². The Balaban J connectivity index is 1.26. The van der Waals surface area contributed by atoms with E-state index in [0.717, 1.165) is 41.7 Å². The van der Waals surface area contributed by atoms with Gasteiger partial charge in [0, 0.05) is 35.6 Å². The average Bonchev–Trinajstić information content (AvgIpc) is 3.39. The molecule has 170 valence electrons. The van der Waals surface area contributed by atoms with Crippen molar-refractivity contribution < 1.29 is 4.79 Å². The van der Waals surface area contributed by atoms with Crippen LogP contribution in [0, 0.1) is 12.3 Å². The van der Waals surface area contributed by atoms with Gasteiger partial charge in [0.05, 0.1) is 21.7 Å². The predicted octanol–water partition coefficient (Wildman–Crippen LogP) is 5.80. The van der Waals surface area contributed by atoms with Gasteiger partial charge in [-0.15, -0.1) is 0 Å². The number of halogens is 1. The molecule has 1 aliphatic rings. The minimum Gasteiger partial charge on any atom is -0.297 e. The van der Waals surface area contributed by atoms with Crippen LogP contribution < -0.4 is 0 Å². The van der Waals surface area contributed by atoms with Gasteiger partial charge < -0.3 is 0 Å². The Morgan fingerprint density at radius 1 is 1.15 bits per heavy atom. The van der Waals surface area contributed by atoms with E-state index in [9.17, 15) is 4.79 Å².